The van der Waals surface area contributed by atoms with E-state index in [0.717, 1.165) is 5.56 Å². The van der Waals surface area contributed by atoms with Crippen LogP contribution < -0.4 is 11.3 Å². The minimum Gasteiger partial charge on any atom is -0.375 e. The molecule has 3 nitrogen and oxygen atoms in total. The number of nitrogens with two attached hydrogens (primary N) is 1. The van der Waals surface area contributed by atoms with Gasteiger partial charge in [-0.05, 0) is 11.5 Å². The first-order chi connectivity index (χ1) is 7.20. The topological polar surface area (TPSA) is 47.3 Å². The van der Waals surface area contributed by atoms with Crippen molar-refractivity contribution in [2.45, 2.75) is 26.0 Å². The lowest BCUT2D eigenvalue weighted by molar-refractivity contribution is 0.0521. The highest BCUT2D eigenvalue weighted by molar-refractivity contribution is 5.19. The van der Waals surface area contributed by atoms with Gasteiger partial charge in [0.1, 0.15) is 0 Å². The number of rotatable bonds is 5. The number of nitrogens with one attached hydrogen (secondary N) is 1. The Labute approximate surface area is 91.6 Å². The van der Waals surface area contributed by atoms with Crippen molar-refractivity contribution in [3.63, 3.8) is 0 Å². The molecule has 1 rings (SSSR count). The first-order valence-corrected chi connectivity index (χ1v) is 5.24. The van der Waals surface area contributed by atoms with E-state index in [0.29, 0.717) is 5.92 Å². The molecule has 2 atom stereocenters. The van der Waals surface area contributed by atoms with Crippen LogP contribution in [0.1, 0.15) is 25.5 Å². The lowest BCUT2D eigenvalue weighted by atomic mass is 9.94. The number of benzene rings is 1. The van der Waals surface area contributed by atoms with Crippen LogP contribution in [0.5, 0.6) is 0 Å². The fourth-order valence-corrected chi connectivity index (χ4v) is 1.76. The zero-order chi connectivity index (χ0) is 11.3. The van der Waals surface area contributed by atoms with Crippen LogP contribution >= 0.6 is 0 Å². The molecule has 15 heavy (non-hydrogen) atoms. The van der Waals surface area contributed by atoms with Crippen molar-refractivity contribution in [2.75, 3.05) is 7.11 Å². The minimum atomic E-state index is -0.00352. The van der Waals surface area contributed by atoms with Crippen LogP contribution in [0, 0.1) is 5.92 Å². The molecule has 0 heterocycles. The monoisotopic (exact) mass is 208 g/mol. The Morgan fingerprint density at radius 3 is 2.20 bits per heavy atom. The van der Waals surface area contributed by atoms with Crippen molar-refractivity contribution in [3.8, 4) is 0 Å². The zero-order valence-corrected chi connectivity index (χ0v) is 9.60. The first-order valence-electron chi connectivity index (χ1n) is 5.24. The third kappa shape index (κ3) is 3.02. The Hall–Kier alpha value is -0.900. The maximum Gasteiger partial charge on any atom is 0.0989 e. The first kappa shape index (κ1) is 12.2. The summed E-state index contributed by atoms with van der Waals surface area (Å²) in [6, 6.07) is 10.3. The largest absolute Gasteiger partial charge is 0.375 e. The molecule has 0 fully saturated rings. The molecule has 84 valence electrons. The van der Waals surface area contributed by atoms with Crippen LogP contribution in [0.15, 0.2) is 30.3 Å². The number of methoxy groups -OCH3 is 1. The number of ether oxygens (including phenoxy) is 1. The van der Waals surface area contributed by atoms with Crippen molar-refractivity contribution in [1.82, 2.24) is 5.43 Å². The molecule has 0 aliphatic heterocycles. The van der Waals surface area contributed by atoms with E-state index in [1.165, 1.54) is 0 Å². The summed E-state index contributed by atoms with van der Waals surface area (Å²) in [5.41, 5.74) is 3.98. The van der Waals surface area contributed by atoms with Gasteiger partial charge in [-0.2, -0.15) is 0 Å². The number of hydrogen-bond acceptors (Lipinski definition) is 3. The van der Waals surface area contributed by atoms with Gasteiger partial charge in [-0.1, -0.05) is 44.2 Å². The highest BCUT2D eigenvalue weighted by Gasteiger charge is 2.24. The summed E-state index contributed by atoms with van der Waals surface area (Å²) in [6.45, 7) is 4.25. The highest BCUT2D eigenvalue weighted by Crippen LogP contribution is 2.24. The van der Waals surface area contributed by atoms with Crippen LogP contribution in [-0.2, 0) is 4.74 Å². The Morgan fingerprint density at radius 2 is 1.80 bits per heavy atom. The third-order valence-electron chi connectivity index (χ3n) is 2.62. The quantitative estimate of drug-likeness (QED) is 0.573. The maximum absolute atomic E-state index is 5.56. The van der Waals surface area contributed by atoms with Gasteiger partial charge in [-0.3, -0.25) is 11.3 Å². The molecule has 0 saturated heterocycles. The molecule has 0 saturated carbocycles. The fourth-order valence-electron chi connectivity index (χ4n) is 1.76. The predicted molar refractivity (Wildman–Crippen MR) is 62.1 cm³/mol. The summed E-state index contributed by atoms with van der Waals surface area (Å²) in [5, 5.41) is 0. The molecular weight excluding hydrogens is 188 g/mol. The molecule has 1 aromatic rings. The lowest BCUT2D eigenvalue weighted by Gasteiger charge is -2.28. The van der Waals surface area contributed by atoms with Gasteiger partial charge in [-0.25, -0.2) is 0 Å². The summed E-state index contributed by atoms with van der Waals surface area (Å²) in [7, 11) is 1.71. The van der Waals surface area contributed by atoms with E-state index >= 15 is 0 Å². The second-order valence-electron chi connectivity index (χ2n) is 4.00. The molecule has 3 N–H and O–H groups in total. The van der Waals surface area contributed by atoms with Crippen molar-refractivity contribution < 1.29 is 4.74 Å². The van der Waals surface area contributed by atoms with Crippen LogP contribution in [-0.4, -0.2) is 13.2 Å². The van der Waals surface area contributed by atoms with E-state index in [-0.39, 0.29) is 12.1 Å². The van der Waals surface area contributed by atoms with Gasteiger partial charge in [0.2, 0.25) is 0 Å². The van der Waals surface area contributed by atoms with Gasteiger partial charge in [0.25, 0.3) is 0 Å². The molecule has 0 amide bonds. The molecule has 0 aliphatic rings. The van der Waals surface area contributed by atoms with Crippen molar-refractivity contribution >= 4 is 0 Å². The molecule has 0 aliphatic carbocycles. The number of hydrogen-bond donors (Lipinski definition) is 2. The summed E-state index contributed by atoms with van der Waals surface area (Å²) in [4.78, 5) is 0. The van der Waals surface area contributed by atoms with Crippen LogP contribution in [0.4, 0.5) is 0 Å². The fraction of sp³-hybridized carbons (Fsp3) is 0.500. The van der Waals surface area contributed by atoms with Gasteiger partial charge in [-0.15, -0.1) is 0 Å². The number of hydrazine groups is 1. The third-order valence-corrected chi connectivity index (χ3v) is 2.62. The minimum absolute atomic E-state index is 0.00352. The van der Waals surface area contributed by atoms with E-state index in [1.807, 2.05) is 18.2 Å². The molecule has 1 aromatic carbocycles. The van der Waals surface area contributed by atoms with Crippen LogP contribution in [0.3, 0.4) is 0 Å². The van der Waals surface area contributed by atoms with Crippen molar-refractivity contribution in [1.29, 1.82) is 0 Å². The van der Waals surface area contributed by atoms with E-state index in [2.05, 4.69) is 31.4 Å². The SMILES string of the molecule is COC(c1ccccc1)C(NN)C(C)C. The second kappa shape index (κ2) is 5.85. The van der Waals surface area contributed by atoms with Crippen molar-refractivity contribution in [2.24, 2.45) is 11.8 Å². The Morgan fingerprint density at radius 1 is 1.20 bits per heavy atom. The standard InChI is InChI=1S/C12H20N2O/c1-9(2)11(14-13)12(15-3)10-7-5-4-6-8-10/h4-9,11-12,14H,13H2,1-3H3. The Kier molecular flexibility index (Phi) is 4.75. The molecule has 3 heteroatoms. The van der Waals surface area contributed by atoms with Gasteiger partial charge < -0.3 is 4.74 Å². The smallest absolute Gasteiger partial charge is 0.0989 e. The van der Waals surface area contributed by atoms with Gasteiger partial charge >= 0.3 is 0 Å². The summed E-state index contributed by atoms with van der Waals surface area (Å²) >= 11 is 0. The zero-order valence-electron chi connectivity index (χ0n) is 9.60. The lowest BCUT2D eigenvalue weighted by Crippen LogP contribution is -2.44. The average Bonchev–Trinajstić information content (AvgIpc) is 2.26. The van der Waals surface area contributed by atoms with E-state index < -0.39 is 0 Å². The Bertz CT molecular complexity index is 274. The summed E-state index contributed by atoms with van der Waals surface area (Å²) in [6.07, 6.45) is -0.00352. The van der Waals surface area contributed by atoms with Crippen molar-refractivity contribution in [3.05, 3.63) is 35.9 Å². The molecule has 2 unspecified atom stereocenters. The summed E-state index contributed by atoms with van der Waals surface area (Å²) < 4.78 is 5.51. The molecular formula is C12H20N2O. The molecule has 0 radical (unpaired) electrons. The second-order valence-corrected chi connectivity index (χ2v) is 4.00. The van der Waals surface area contributed by atoms with Gasteiger partial charge in [0.15, 0.2) is 0 Å². The van der Waals surface area contributed by atoms with Gasteiger partial charge in [0, 0.05) is 7.11 Å². The average molecular weight is 208 g/mol. The molecule has 0 bridgehead atoms. The maximum atomic E-state index is 5.56. The normalized spacial score (nSPS) is 15.3. The van der Waals surface area contributed by atoms with Crippen LogP contribution in [0.2, 0.25) is 0 Å². The molecule has 0 aromatic heterocycles. The van der Waals surface area contributed by atoms with E-state index in [4.69, 9.17) is 10.6 Å². The van der Waals surface area contributed by atoms with Crippen LogP contribution in [0.25, 0.3) is 0 Å². The Balaban J connectivity index is 2.87. The van der Waals surface area contributed by atoms with Gasteiger partial charge in [0.05, 0.1) is 12.1 Å². The van der Waals surface area contributed by atoms with E-state index in [1.54, 1.807) is 7.11 Å². The predicted octanol–water partition coefficient (Wildman–Crippen LogP) is 1.86. The van der Waals surface area contributed by atoms with E-state index in [9.17, 15) is 0 Å². The highest BCUT2D eigenvalue weighted by atomic mass is 16.5. The summed E-state index contributed by atoms with van der Waals surface area (Å²) in [5.74, 6) is 5.97. The molecule has 0 spiro atoms.